The zero-order chi connectivity index (χ0) is 30.4. The quantitative estimate of drug-likeness (QED) is 0.0654. The van der Waals surface area contributed by atoms with Crippen molar-refractivity contribution < 1.29 is 43.1 Å². The molecule has 18 nitrogen and oxygen atoms in total. The van der Waals surface area contributed by atoms with Gasteiger partial charge in [0.2, 0.25) is 5.72 Å². The second-order valence-corrected chi connectivity index (χ2v) is 11.4. The Morgan fingerprint density at radius 3 is 2.12 bits per heavy atom. The zero-order valence-electron chi connectivity index (χ0n) is 22.7. The number of rotatable bonds is 13. The summed E-state index contributed by atoms with van der Waals surface area (Å²) in [5.74, 6) is -1.62. The van der Waals surface area contributed by atoms with Gasteiger partial charge in [-0.05, 0) is 47.1 Å². The number of carbonyl (C=O) groups excluding carboxylic acids is 2. The van der Waals surface area contributed by atoms with Gasteiger partial charge in [-0.25, -0.2) is 15.0 Å². The molecule has 2 unspecified atom stereocenters. The second kappa shape index (κ2) is 13.5. The fourth-order valence-corrected chi connectivity index (χ4v) is 5.33. The molecule has 1 aromatic rings. The average molecular weight is 592 g/mol. The van der Waals surface area contributed by atoms with Crippen LogP contribution in [0.15, 0.2) is 27.0 Å². The number of esters is 2. The number of hydrogen-bond donors (Lipinski definition) is 5. The van der Waals surface area contributed by atoms with Crippen molar-refractivity contribution in [1.82, 2.24) is 19.7 Å². The molecule has 0 bridgehead atoms. The SMILES string of the molecule is CC(C)OC(=O)C(C)NP(=O)(NC(C)C(=O)OC(C)C)OC[C@@]1(N=[N+]=[N-])O[C@@H](n2ccc(=O)[nH]c2=O)[C@H](O)[C@@H]1O. The summed E-state index contributed by atoms with van der Waals surface area (Å²) in [6, 6.07) is -1.56. The van der Waals surface area contributed by atoms with Crippen LogP contribution in [0.25, 0.3) is 10.4 Å². The number of carbonyl (C=O) groups is 2. The monoisotopic (exact) mass is 591 g/mol. The van der Waals surface area contributed by atoms with Gasteiger partial charge in [0.05, 0.1) is 18.8 Å². The number of nitrogens with zero attached hydrogens (tertiary/aromatic N) is 4. The molecule has 40 heavy (non-hydrogen) atoms. The van der Waals surface area contributed by atoms with E-state index in [2.05, 4.69) is 20.2 Å². The predicted octanol–water partition coefficient (Wildman–Crippen LogP) is -0.222. The lowest BCUT2D eigenvalue weighted by atomic mass is 10.1. The van der Waals surface area contributed by atoms with Crippen LogP contribution in [0.5, 0.6) is 0 Å². The first-order valence-electron chi connectivity index (χ1n) is 12.2. The lowest BCUT2D eigenvalue weighted by molar-refractivity contribution is -0.149. The highest BCUT2D eigenvalue weighted by Gasteiger charge is 2.56. The summed E-state index contributed by atoms with van der Waals surface area (Å²) < 4.78 is 35.8. The van der Waals surface area contributed by atoms with Crippen LogP contribution in [-0.4, -0.2) is 80.5 Å². The van der Waals surface area contributed by atoms with Crippen LogP contribution in [-0.2, 0) is 32.9 Å². The van der Waals surface area contributed by atoms with Crippen LogP contribution in [0.2, 0.25) is 0 Å². The molecule has 2 rings (SSSR count). The fraction of sp³-hybridized carbons (Fsp3) is 0.714. The molecule has 0 amide bonds. The molecule has 19 heteroatoms. The van der Waals surface area contributed by atoms with Gasteiger partial charge in [-0.2, -0.15) is 0 Å². The molecule has 0 aromatic carbocycles. The van der Waals surface area contributed by atoms with Gasteiger partial charge in [-0.1, -0.05) is 5.11 Å². The molecule has 5 N–H and O–H groups in total. The van der Waals surface area contributed by atoms with E-state index in [1.54, 1.807) is 27.7 Å². The Morgan fingerprint density at radius 2 is 1.68 bits per heavy atom. The number of aromatic nitrogens is 2. The smallest absolute Gasteiger partial charge is 0.342 e. The van der Waals surface area contributed by atoms with E-state index in [-0.39, 0.29) is 0 Å². The minimum atomic E-state index is -4.47. The minimum absolute atomic E-state index is 0.505. The van der Waals surface area contributed by atoms with Crippen molar-refractivity contribution in [2.75, 3.05) is 6.61 Å². The summed E-state index contributed by atoms with van der Waals surface area (Å²) in [6.07, 6.45) is -5.63. The maximum absolute atomic E-state index is 13.9. The van der Waals surface area contributed by atoms with Gasteiger partial charge in [0, 0.05) is 17.2 Å². The van der Waals surface area contributed by atoms with Gasteiger partial charge < -0.3 is 28.9 Å². The minimum Gasteiger partial charge on any atom is -0.462 e. The average Bonchev–Trinajstić information content (AvgIpc) is 3.07. The van der Waals surface area contributed by atoms with E-state index < -0.39 is 85.9 Å². The molecule has 0 radical (unpaired) electrons. The Hall–Kier alpha value is -3.08. The van der Waals surface area contributed by atoms with E-state index in [4.69, 9.17) is 24.3 Å². The van der Waals surface area contributed by atoms with Gasteiger partial charge in [-0.3, -0.25) is 28.5 Å². The van der Waals surface area contributed by atoms with E-state index in [0.29, 0.717) is 0 Å². The lowest BCUT2D eigenvalue weighted by Gasteiger charge is -2.31. The summed E-state index contributed by atoms with van der Waals surface area (Å²) in [6.45, 7) is 8.00. The van der Waals surface area contributed by atoms with Crippen LogP contribution in [0.4, 0.5) is 0 Å². The number of aromatic amines is 1. The molecule has 1 aromatic heterocycles. The highest BCUT2D eigenvalue weighted by atomic mass is 31.2. The third kappa shape index (κ3) is 8.22. The van der Waals surface area contributed by atoms with Gasteiger partial charge >= 0.3 is 25.3 Å². The van der Waals surface area contributed by atoms with E-state index in [1.807, 2.05) is 4.98 Å². The molecule has 0 spiro atoms. The Morgan fingerprint density at radius 1 is 1.15 bits per heavy atom. The predicted molar refractivity (Wildman–Crippen MR) is 137 cm³/mol. The number of azide groups is 1. The first-order chi connectivity index (χ1) is 18.5. The molecule has 224 valence electrons. The standard InChI is InChI=1S/C21H34N7O11P/c1-10(2)37-18(32)12(5)24-40(35,25-13(6)19(33)38-11(3)4)36-9-21(26-27-22)16(31)15(30)17(39-21)28-8-7-14(29)23-20(28)34/h7-8,10-13,15-17,30-31H,9H2,1-6H3,(H,23,29,34)(H2,24,25,35)/t12?,13?,15-,16+,17-,21-,40?/m1/s1. The molecule has 1 aliphatic heterocycles. The molecular formula is C21H34N7O11P. The van der Waals surface area contributed by atoms with E-state index in [0.717, 1.165) is 16.8 Å². The third-order valence-corrected chi connectivity index (χ3v) is 7.28. The number of hydrogen-bond acceptors (Lipinski definition) is 12. The van der Waals surface area contributed by atoms with Gasteiger partial charge in [0.25, 0.3) is 5.56 Å². The summed E-state index contributed by atoms with van der Waals surface area (Å²) in [7, 11) is -4.47. The van der Waals surface area contributed by atoms with E-state index in [1.165, 1.54) is 13.8 Å². The normalized spacial score (nSPS) is 25.6. The third-order valence-electron chi connectivity index (χ3n) is 5.33. The highest BCUT2D eigenvalue weighted by molar-refractivity contribution is 7.54. The topological polar surface area (TPSA) is 256 Å². The second-order valence-electron chi connectivity index (χ2n) is 9.49. The molecular weight excluding hydrogens is 557 g/mol. The van der Waals surface area contributed by atoms with Crippen LogP contribution in [0, 0.1) is 0 Å². The van der Waals surface area contributed by atoms with E-state index >= 15 is 0 Å². The molecule has 1 fully saturated rings. The van der Waals surface area contributed by atoms with Crippen LogP contribution < -0.4 is 21.4 Å². The van der Waals surface area contributed by atoms with E-state index in [9.17, 15) is 34.0 Å². The fourth-order valence-electron chi connectivity index (χ4n) is 3.51. The first kappa shape index (κ1) is 33.1. The highest BCUT2D eigenvalue weighted by Crippen LogP contribution is 2.44. The Balaban J connectivity index is 2.40. The van der Waals surface area contributed by atoms with Gasteiger partial charge in [0.15, 0.2) is 6.23 Å². The summed E-state index contributed by atoms with van der Waals surface area (Å²) >= 11 is 0. The van der Waals surface area contributed by atoms with Crippen molar-refractivity contribution in [3.63, 3.8) is 0 Å². The number of nitrogens with one attached hydrogen (secondary N) is 3. The van der Waals surface area contributed by atoms with Crippen LogP contribution >= 0.6 is 7.67 Å². The molecule has 6 atom stereocenters. The van der Waals surface area contributed by atoms with Gasteiger partial charge in [0.1, 0.15) is 24.3 Å². The lowest BCUT2D eigenvalue weighted by Crippen LogP contribution is -2.47. The Labute approximate surface area is 228 Å². The van der Waals surface area contributed by atoms with Crippen molar-refractivity contribution in [2.45, 2.75) is 90.0 Å². The largest absolute Gasteiger partial charge is 0.462 e. The van der Waals surface area contributed by atoms with Gasteiger partial charge in [-0.15, -0.1) is 0 Å². The number of aliphatic hydroxyl groups excluding tert-OH is 2. The Kier molecular flexibility index (Phi) is 11.2. The van der Waals surface area contributed by atoms with Crippen molar-refractivity contribution >= 4 is 19.6 Å². The molecule has 0 aliphatic carbocycles. The first-order valence-corrected chi connectivity index (χ1v) is 13.8. The summed E-state index contributed by atoms with van der Waals surface area (Å²) in [5, 5.41) is 29.6. The molecule has 2 heterocycles. The van der Waals surface area contributed by atoms with Crippen molar-refractivity contribution in [1.29, 1.82) is 0 Å². The molecule has 1 aliphatic rings. The zero-order valence-corrected chi connectivity index (χ0v) is 23.6. The number of H-pyrrole nitrogens is 1. The van der Waals surface area contributed by atoms with Crippen LogP contribution in [0.1, 0.15) is 47.8 Å². The van der Waals surface area contributed by atoms with Crippen molar-refractivity contribution in [3.05, 3.63) is 43.5 Å². The summed E-state index contributed by atoms with van der Waals surface area (Å²) in [5.41, 5.74) is 4.95. The maximum Gasteiger partial charge on any atom is 0.342 e. The summed E-state index contributed by atoms with van der Waals surface area (Å²) in [4.78, 5) is 53.0. The Bertz CT molecular complexity index is 1240. The van der Waals surface area contributed by atoms with Crippen molar-refractivity contribution in [2.24, 2.45) is 5.11 Å². The maximum atomic E-state index is 13.9. The molecule has 1 saturated heterocycles. The van der Waals surface area contributed by atoms with Crippen LogP contribution in [0.3, 0.4) is 0 Å². The number of aliphatic hydroxyl groups is 2. The van der Waals surface area contributed by atoms with Crippen molar-refractivity contribution in [3.8, 4) is 0 Å². The number of ether oxygens (including phenoxy) is 3. The molecule has 0 saturated carbocycles.